The first-order valence-electron chi connectivity index (χ1n) is 8.60. The Labute approximate surface area is 158 Å². The third kappa shape index (κ3) is 6.75. The lowest BCUT2D eigenvalue weighted by Crippen LogP contribution is -2.22. The van der Waals surface area contributed by atoms with Crippen molar-refractivity contribution in [2.24, 2.45) is 0 Å². The van der Waals surface area contributed by atoms with E-state index >= 15 is 0 Å². The Morgan fingerprint density at radius 2 is 1.74 bits per heavy atom. The predicted octanol–water partition coefficient (Wildman–Crippen LogP) is 3.13. The molecule has 6 heteroatoms. The van der Waals surface area contributed by atoms with Crippen LogP contribution in [0.4, 0.5) is 5.69 Å². The van der Waals surface area contributed by atoms with Crippen LogP contribution in [0.5, 0.6) is 0 Å². The van der Waals surface area contributed by atoms with E-state index in [9.17, 15) is 14.4 Å². The van der Waals surface area contributed by atoms with E-state index in [1.54, 1.807) is 36.4 Å². The van der Waals surface area contributed by atoms with Crippen LogP contribution in [0.25, 0.3) is 0 Å². The van der Waals surface area contributed by atoms with E-state index in [0.717, 1.165) is 11.1 Å². The Morgan fingerprint density at radius 1 is 1.00 bits per heavy atom. The second-order valence-electron chi connectivity index (χ2n) is 6.15. The van der Waals surface area contributed by atoms with Gasteiger partial charge in [0.2, 0.25) is 11.8 Å². The number of hydrogen-bond acceptors (Lipinski definition) is 4. The normalized spacial score (nSPS) is 9.93. The van der Waals surface area contributed by atoms with Gasteiger partial charge in [0.15, 0.2) is 5.78 Å². The molecule has 2 N–H and O–H groups in total. The highest BCUT2D eigenvalue weighted by Gasteiger charge is 2.10. The molecule has 0 heterocycles. The zero-order valence-corrected chi connectivity index (χ0v) is 15.1. The standard InChI is InChI=1S/C21H21N3O3/c1-15-5-7-17(8-6-15)19(25)9-10-21(27)24-18-4-2-3-16(13-18)14-23-20(26)11-12-22/h2-8,13H,9-11,14H2,1H3,(H,23,26)(H,24,27). The van der Waals surface area contributed by atoms with E-state index < -0.39 is 0 Å². The molecule has 2 aromatic carbocycles. The van der Waals surface area contributed by atoms with Crippen molar-refractivity contribution < 1.29 is 14.4 Å². The highest BCUT2D eigenvalue weighted by atomic mass is 16.2. The molecule has 138 valence electrons. The third-order valence-corrected chi connectivity index (χ3v) is 3.89. The monoisotopic (exact) mass is 363 g/mol. The Hall–Kier alpha value is -3.46. The summed E-state index contributed by atoms with van der Waals surface area (Å²) in [4.78, 5) is 35.6. The van der Waals surface area contributed by atoms with E-state index in [2.05, 4.69) is 10.6 Å². The lowest BCUT2D eigenvalue weighted by atomic mass is 10.0. The Morgan fingerprint density at radius 3 is 2.44 bits per heavy atom. The van der Waals surface area contributed by atoms with Gasteiger partial charge in [0.05, 0.1) is 6.07 Å². The smallest absolute Gasteiger partial charge is 0.234 e. The minimum absolute atomic E-state index is 0.0703. The van der Waals surface area contributed by atoms with Crippen molar-refractivity contribution in [2.45, 2.75) is 32.7 Å². The molecule has 0 atom stereocenters. The van der Waals surface area contributed by atoms with Gasteiger partial charge in [-0.15, -0.1) is 0 Å². The van der Waals surface area contributed by atoms with Crippen LogP contribution in [0, 0.1) is 18.3 Å². The maximum atomic E-state index is 12.1. The average Bonchev–Trinajstić information content (AvgIpc) is 2.65. The molecular weight excluding hydrogens is 342 g/mol. The van der Waals surface area contributed by atoms with Gasteiger partial charge in [-0.2, -0.15) is 5.26 Å². The van der Waals surface area contributed by atoms with E-state index in [0.29, 0.717) is 11.3 Å². The number of aryl methyl sites for hydroxylation is 1. The van der Waals surface area contributed by atoms with Crippen LogP contribution in [-0.2, 0) is 16.1 Å². The highest BCUT2D eigenvalue weighted by Crippen LogP contribution is 2.12. The Kier molecular flexibility index (Phi) is 7.26. The van der Waals surface area contributed by atoms with Gasteiger partial charge in [0.25, 0.3) is 0 Å². The molecule has 0 aliphatic rings. The SMILES string of the molecule is Cc1ccc(C(=O)CCC(=O)Nc2cccc(CNC(=O)CC#N)c2)cc1. The Bertz CT molecular complexity index is 867. The van der Waals surface area contributed by atoms with Crippen molar-refractivity contribution in [3.8, 4) is 6.07 Å². The summed E-state index contributed by atoms with van der Waals surface area (Å²) in [7, 11) is 0. The summed E-state index contributed by atoms with van der Waals surface area (Å²) in [5.41, 5.74) is 3.07. The molecule has 2 aromatic rings. The third-order valence-electron chi connectivity index (χ3n) is 3.89. The first-order valence-corrected chi connectivity index (χ1v) is 8.60. The second-order valence-corrected chi connectivity index (χ2v) is 6.15. The first kappa shape index (κ1) is 19.9. The summed E-state index contributed by atoms with van der Waals surface area (Å²) < 4.78 is 0. The van der Waals surface area contributed by atoms with Crippen molar-refractivity contribution in [3.63, 3.8) is 0 Å². The van der Waals surface area contributed by atoms with Crippen molar-refractivity contribution in [1.29, 1.82) is 5.26 Å². The molecule has 0 bridgehead atoms. The number of carbonyl (C=O) groups excluding carboxylic acids is 3. The summed E-state index contributed by atoms with van der Waals surface area (Å²) in [5.74, 6) is -0.665. The number of Topliss-reactive ketones (excluding diaryl/α,β-unsaturated/α-hetero) is 1. The van der Waals surface area contributed by atoms with Gasteiger partial charge < -0.3 is 10.6 Å². The lowest BCUT2D eigenvalue weighted by molar-refractivity contribution is -0.120. The number of anilines is 1. The number of ketones is 1. The maximum Gasteiger partial charge on any atom is 0.234 e. The van der Waals surface area contributed by atoms with E-state index in [1.165, 1.54) is 0 Å². The molecule has 0 aliphatic heterocycles. The molecule has 0 fully saturated rings. The van der Waals surface area contributed by atoms with Gasteiger partial charge in [-0.1, -0.05) is 42.0 Å². The van der Waals surface area contributed by atoms with Crippen molar-refractivity contribution in [1.82, 2.24) is 5.32 Å². The number of nitrogens with one attached hydrogen (secondary N) is 2. The summed E-state index contributed by atoms with van der Waals surface area (Å²) in [5, 5.41) is 13.8. The van der Waals surface area contributed by atoms with Gasteiger partial charge in [-0.3, -0.25) is 14.4 Å². The van der Waals surface area contributed by atoms with Crippen LogP contribution in [0.3, 0.4) is 0 Å². The fourth-order valence-corrected chi connectivity index (χ4v) is 2.43. The van der Waals surface area contributed by atoms with E-state index in [-0.39, 0.29) is 43.4 Å². The van der Waals surface area contributed by atoms with Crippen LogP contribution in [-0.4, -0.2) is 17.6 Å². The number of rotatable bonds is 8. The molecule has 0 unspecified atom stereocenters. The molecule has 0 radical (unpaired) electrons. The van der Waals surface area contributed by atoms with Gasteiger partial charge in [-0.05, 0) is 24.6 Å². The summed E-state index contributed by atoms with van der Waals surface area (Å²) in [6, 6.07) is 16.1. The van der Waals surface area contributed by atoms with Crippen molar-refractivity contribution in [3.05, 3.63) is 65.2 Å². The maximum absolute atomic E-state index is 12.1. The molecule has 0 spiro atoms. The number of nitriles is 1. The second kappa shape index (κ2) is 9.88. The average molecular weight is 363 g/mol. The van der Waals surface area contributed by atoms with Gasteiger partial charge in [0, 0.05) is 30.6 Å². The minimum Gasteiger partial charge on any atom is -0.351 e. The first-order chi connectivity index (χ1) is 13.0. The molecule has 6 nitrogen and oxygen atoms in total. The number of hydrogen-bond donors (Lipinski definition) is 2. The minimum atomic E-state index is -0.346. The number of amides is 2. The lowest BCUT2D eigenvalue weighted by Gasteiger charge is -2.08. The summed E-state index contributed by atoms with van der Waals surface area (Å²) in [6.45, 7) is 2.22. The number of benzene rings is 2. The predicted molar refractivity (Wildman–Crippen MR) is 102 cm³/mol. The van der Waals surface area contributed by atoms with Crippen LogP contribution < -0.4 is 10.6 Å². The molecule has 2 rings (SSSR count). The molecule has 27 heavy (non-hydrogen) atoms. The van der Waals surface area contributed by atoms with Crippen LogP contribution in [0.2, 0.25) is 0 Å². The van der Waals surface area contributed by atoms with Gasteiger partial charge >= 0.3 is 0 Å². The van der Waals surface area contributed by atoms with E-state index in [4.69, 9.17) is 5.26 Å². The van der Waals surface area contributed by atoms with Gasteiger partial charge in [0.1, 0.15) is 6.42 Å². The molecule has 0 saturated carbocycles. The molecular formula is C21H21N3O3. The van der Waals surface area contributed by atoms with Gasteiger partial charge in [-0.25, -0.2) is 0 Å². The largest absolute Gasteiger partial charge is 0.351 e. The zero-order valence-electron chi connectivity index (χ0n) is 15.1. The summed E-state index contributed by atoms with van der Waals surface area (Å²) in [6.07, 6.45) is 0.0417. The number of nitrogens with zero attached hydrogens (tertiary/aromatic N) is 1. The van der Waals surface area contributed by atoms with Crippen molar-refractivity contribution >= 4 is 23.3 Å². The fourth-order valence-electron chi connectivity index (χ4n) is 2.43. The van der Waals surface area contributed by atoms with Crippen LogP contribution in [0.1, 0.15) is 40.7 Å². The zero-order chi connectivity index (χ0) is 19.6. The molecule has 0 aliphatic carbocycles. The quantitative estimate of drug-likeness (QED) is 0.704. The van der Waals surface area contributed by atoms with Crippen LogP contribution in [0.15, 0.2) is 48.5 Å². The topological polar surface area (TPSA) is 99.1 Å². The van der Waals surface area contributed by atoms with Crippen molar-refractivity contribution in [2.75, 3.05) is 5.32 Å². The molecule has 0 saturated heterocycles. The molecule has 2 amide bonds. The van der Waals surface area contributed by atoms with Crippen LogP contribution >= 0.6 is 0 Å². The fraction of sp³-hybridized carbons (Fsp3) is 0.238. The summed E-state index contributed by atoms with van der Waals surface area (Å²) >= 11 is 0. The highest BCUT2D eigenvalue weighted by molar-refractivity contribution is 6.00. The van der Waals surface area contributed by atoms with E-state index in [1.807, 2.05) is 25.1 Å². The molecule has 0 aromatic heterocycles. The Balaban J connectivity index is 1.84. The number of carbonyl (C=O) groups is 3.